The van der Waals surface area contributed by atoms with Gasteiger partial charge in [0.2, 0.25) is 0 Å². The van der Waals surface area contributed by atoms with Crippen LogP contribution in [0, 0.1) is 0 Å². The summed E-state index contributed by atoms with van der Waals surface area (Å²) in [7, 11) is 0. The Labute approximate surface area is 477 Å². The highest BCUT2D eigenvalue weighted by Gasteiger charge is 2.19. The van der Waals surface area contributed by atoms with E-state index in [2.05, 4.69) is 106 Å². The second kappa shape index (κ2) is 65.1. The molecule has 77 heavy (non-hydrogen) atoms. The van der Waals surface area contributed by atoms with E-state index < -0.39 is 6.10 Å². The van der Waals surface area contributed by atoms with E-state index in [-0.39, 0.29) is 31.1 Å². The number of esters is 3. The summed E-state index contributed by atoms with van der Waals surface area (Å²) >= 11 is 0. The molecule has 0 aromatic heterocycles. The third-order valence-electron chi connectivity index (χ3n) is 14.4. The van der Waals surface area contributed by atoms with Crippen LogP contribution in [0.5, 0.6) is 0 Å². The zero-order valence-corrected chi connectivity index (χ0v) is 51.0. The van der Waals surface area contributed by atoms with Gasteiger partial charge in [-0.15, -0.1) is 0 Å². The summed E-state index contributed by atoms with van der Waals surface area (Å²) in [6.45, 7) is 6.53. The molecule has 6 nitrogen and oxygen atoms in total. The van der Waals surface area contributed by atoms with Crippen LogP contribution in [-0.2, 0) is 28.6 Å². The number of hydrogen-bond acceptors (Lipinski definition) is 6. The standard InChI is InChI=1S/C71H124O6/c1-4-7-10-13-16-19-22-25-28-31-33-35-37-40-43-46-49-52-55-58-61-64-70(73)76-67-68(66-75-69(72)63-60-57-54-51-48-45-42-39-30-27-24-21-18-15-12-9-6-3)77-71(74)65-62-59-56-53-50-47-44-41-38-36-34-32-29-26-23-20-17-14-11-8-5-2/h7,10,16,19,25,27-28,30,33,35,40,43,49,52,68H,4-6,8-9,11-15,17-18,20-24,26,29,31-32,34,36-39,41-42,44-48,50-51,53-67H2,1-3H3/b10-7-,19-16-,28-25-,30-27-,35-33-,43-40-,52-49-. The van der Waals surface area contributed by atoms with E-state index in [1.165, 1.54) is 193 Å². The fourth-order valence-electron chi connectivity index (χ4n) is 9.44. The minimum atomic E-state index is -0.797. The van der Waals surface area contributed by atoms with Crippen molar-refractivity contribution >= 4 is 17.9 Å². The van der Waals surface area contributed by atoms with E-state index in [1.807, 2.05) is 0 Å². The Morgan fingerprint density at radius 1 is 0.273 bits per heavy atom. The Bertz CT molecular complexity index is 1470. The molecule has 6 heteroatoms. The molecule has 0 N–H and O–H groups in total. The van der Waals surface area contributed by atoms with Gasteiger partial charge in [-0.2, -0.15) is 0 Å². The molecule has 0 aliphatic heterocycles. The molecule has 0 aromatic carbocycles. The Morgan fingerprint density at radius 2 is 0.506 bits per heavy atom. The molecule has 0 saturated heterocycles. The van der Waals surface area contributed by atoms with E-state index in [9.17, 15) is 14.4 Å². The Hall–Kier alpha value is -3.41. The fraction of sp³-hybridized carbons (Fsp3) is 0.761. The zero-order chi connectivity index (χ0) is 55.7. The lowest BCUT2D eigenvalue weighted by atomic mass is 10.0. The average Bonchev–Trinajstić information content (AvgIpc) is 3.43. The number of hydrogen-bond donors (Lipinski definition) is 0. The first-order valence-electron chi connectivity index (χ1n) is 33.1. The van der Waals surface area contributed by atoms with Gasteiger partial charge < -0.3 is 14.2 Å². The van der Waals surface area contributed by atoms with E-state index >= 15 is 0 Å². The highest BCUT2D eigenvalue weighted by molar-refractivity contribution is 5.71. The maximum absolute atomic E-state index is 12.9. The normalized spacial score (nSPS) is 12.6. The monoisotopic (exact) mass is 1070 g/mol. The minimum Gasteiger partial charge on any atom is -0.462 e. The summed E-state index contributed by atoms with van der Waals surface area (Å²) in [5, 5.41) is 0. The maximum atomic E-state index is 12.9. The summed E-state index contributed by atoms with van der Waals surface area (Å²) < 4.78 is 16.9. The van der Waals surface area contributed by atoms with Crippen LogP contribution in [0.25, 0.3) is 0 Å². The number of ether oxygens (including phenoxy) is 3. The largest absolute Gasteiger partial charge is 0.462 e. The van der Waals surface area contributed by atoms with Crippen molar-refractivity contribution in [1.29, 1.82) is 0 Å². The van der Waals surface area contributed by atoms with Crippen LogP contribution in [0.15, 0.2) is 85.1 Å². The van der Waals surface area contributed by atoms with Crippen LogP contribution >= 0.6 is 0 Å². The van der Waals surface area contributed by atoms with Crippen LogP contribution in [0.2, 0.25) is 0 Å². The van der Waals surface area contributed by atoms with Crippen molar-refractivity contribution in [3.8, 4) is 0 Å². The molecule has 0 rings (SSSR count). The molecule has 0 amide bonds. The van der Waals surface area contributed by atoms with Crippen molar-refractivity contribution in [3.05, 3.63) is 85.1 Å². The van der Waals surface area contributed by atoms with Crippen molar-refractivity contribution in [3.63, 3.8) is 0 Å². The lowest BCUT2D eigenvalue weighted by Crippen LogP contribution is -2.30. The Morgan fingerprint density at radius 3 is 0.831 bits per heavy atom. The molecular weight excluding hydrogens is 949 g/mol. The summed E-state index contributed by atoms with van der Waals surface area (Å²) in [5.74, 6) is -0.922. The van der Waals surface area contributed by atoms with Crippen molar-refractivity contribution in [2.75, 3.05) is 13.2 Å². The molecular formula is C71H124O6. The van der Waals surface area contributed by atoms with E-state index in [4.69, 9.17) is 14.2 Å². The van der Waals surface area contributed by atoms with Gasteiger partial charge in [-0.3, -0.25) is 14.4 Å². The predicted octanol–water partition coefficient (Wildman–Crippen LogP) is 22.7. The van der Waals surface area contributed by atoms with Crippen LogP contribution < -0.4 is 0 Å². The third-order valence-corrected chi connectivity index (χ3v) is 14.4. The van der Waals surface area contributed by atoms with Crippen molar-refractivity contribution in [2.45, 2.75) is 335 Å². The molecule has 0 radical (unpaired) electrons. The van der Waals surface area contributed by atoms with Gasteiger partial charge in [-0.25, -0.2) is 0 Å². The average molecular weight is 1070 g/mol. The van der Waals surface area contributed by atoms with Gasteiger partial charge >= 0.3 is 17.9 Å². The molecule has 0 bridgehead atoms. The lowest BCUT2D eigenvalue weighted by molar-refractivity contribution is -0.167. The van der Waals surface area contributed by atoms with Gasteiger partial charge in [0.15, 0.2) is 6.10 Å². The van der Waals surface area contributed by atoms with Crippen LogP contribution in [0.4, 0.5) is 0 Å². The van der Waals surface area contributed by atoms with Crippen molar-refractivity contribution in [1.82, 2.24) is 0 Å². The highest BCUT2D eigenvalue weighted by atomic mass is 16.6. The zero-order valence-electron chi connectivity index (χ0n) is 51.0. The predicted molar refractivity (Wildman–Crippen MR) is 334 cm³/mol. The van der Waals surface area contributed by atoms with Crippen LogP contribution in [0.1, 0.15) is 329 Å². The van der Waals surface area contributed by atoms with E-state index in [1.54, 1.807) is 0 Å². The van der Waals surface area contributed by atoms with Crippen molar-refractivity contribution in [2.24, 2.45) is 0 Å². The van der Waals surface area contributed by atoms with Gasteiger partial charge in [0.25, 0.3) is 0 Å². The quantitative estimate of drug-likeness (QED) is 0.0261. The Kier molecular flexibility index (Phi) is 62.2. The van der Waals surface area contributed by atoms with Gasteiger partial charge in [-0.05, 0) is 96.3 Å². The molecule has 0 aliphatic carbocycles. The number of rotatable bonds is 60. The fourth-order valence-corrected chi connectivity index (χ4v) is 9.44. The van der Waals surface area contributed by atoms with Gasteiger partial charge in [0, 0.05) is 19.3 Å². The smallest absolute Gasteiger partial charge is 0.306 e. The Balaban J connectivity index is 4.43. The van der Waals surface area contributed by atoms with Gasteiger partial charge in [0.1, 0.15) is 13.2 Å². The molecule has 1 unspecified atom stereocenters. The second-order valence-electron chi connectivity index (χ2n) is 22.0. The first-order chi connectivity index (χ1) is 38.0. The molecule has 0 aliphatic rings. The summed E-state index contributed by atoms with van der Waals surface area (Å²) in [6.07, 6.45) is 85.9. The first kappa shape index (κ1) is 73.6. The molecule has 0 heterocycles. The summed E-state index contributed by atoms with van der Waals surface area (Å²) in [4.78, 5) is 38.4. The molecule has 0 fully saturated rings. The topological polar surface area (TPSA) is 78.9 Å². The minimum absolute atomic E-state index is 0.0900. The number of carbonyl (C=O) groups excluding carboxylic acids is 3. The SMILES string of the molecule is CC/C=C\C/C=C\C/C=C\C/C=C\C/C=C\C/C=C\CCCCC(=O)OCC(COC(=O)CCCCCCCCC/C=C\CCCCCCCC)OC(=O)CCCCCCCCCCCCCCCCCCCCCCC. The second-order valence-corrected chi connectivity index (χ2v) is 22.0. The molecule has 444 valence electrons. The molecule has 1 atom stereocenters. The highest BCUT2D eigenvalue weighted by Crippen LogP contribution is 2.17. The molecule has 0 spiro atoms. The lowest BCUT2D eigenvalue weighted by Gasteiger charge is -2.18. The van der Waals surface area contributed by atoms with Crippen LogP contribution in [0.3, 0.4) is 0 Å². The van der Waals surface area contributed by atoms with Crippen molar-refractivity contribution < 1.29 is 28.6 Å². The first-order valence-corrected chi connectivity index (χ1v) is 33.1. The van der Waals surface area contributed by atoms with E-state index in [0.29, 0.717) is 19.3 Å². The number of carbonyl (C=O) groups is 3. The van der Waals surface area contributed by atoms with Gasteiger partial charge in [0.05, 0.1) is 0 Å². The summed E-state index contributed by atoms with van der Waals surface area (Å²) in [5.41, 5.74) is 0. The van der Waals surface area contributed by atoms with E-state index in [0.717, 1.165) is 96.3 Å². The van der Waals surface area contributed by atoms with Crippen LogP contribution in [-0.4, -0.2) is 37.2 Å². The maximum Gasteiger partial charge on any atom is 0.306 e. The molecule has 0 saturated carbocycles. The van der Waals surface area contributed by atoms with Gasteiger partial charge in [-0.1, -0.05) is 298 Å². The number of unbranched alkanes of at least 4 members (excludes halogenated alkanes) is 35. The third kappa shape index (κ3) is 63.3. The summed E-state index contributed by atoms with van der Waals surface area (Å²) in [6, 6.07) is 0. The number of allylic oxidation sites excluding steroid dienone is 14. The molecule has 0 aromatic rings.